The molecule has 0 aliphatic heterocycles. The molecular formula is C15H21N3O4S. The molecule has 0 aliphatic rings. The lowest BCUT2D eigenvalue weighted by molar-refractivity contribution is 0.0375. The van der Waals surface area contributed by atoms with Gasteiger partial charge in [0, 0.05) is 0 Å². The molecule has 2 unspecified atom stereocenters. The van der Waals surface area contributed by atoms with Crippen LogP contribution >= 0.6 is 11.3 Å². The zero-order chi connectivity index (χ0) is 17.0. The highest BCUT2D eigenvalue weighted by molar-refractivity contribution is 7.13. The largest absolute Gasteiger partial charge is 0.444 e. The van der Waals surface area contributed by atoms with Gasteiger partial charge in [-0.15, -0.1) is 11.3 Å². The molecule has 0 saturated carbocycles. The third-order valence-electron chi connectivity index (χ3n) is 2.96. The summed E-state index contributed by atoms with van der Waals surface area (Å²) in [6.45, 7) is 7.15. The van der Waals surface area contributed by atoms with Gasteiger partial charge in [-0.05, 0) is 38.6 Å². The van der Waals surface area contributed by atoms with Crippen molar-refractivity contribution in [2.75, 3.05) is 0 Å². The van der Waals surface area contributed by atoms with Gasteiger partial charge in [0.05, 0.1) is 10.9 Å². The van der Waals surface area contributed by atoms with E-state index in [1.165, 1.54) is 11.3 Å². The first-order valence-corrected chi connectivity index (χ1v) is 8.23. The molecule has 126 valence electrons. The van der Waals surface area contributed by atoms with E-state index in [2.05, 4.69) is 15.5 Å². The lowest BCUT2D eigenvalue weighted by atomic mass is 10.1. The summed E-state index contributed by atoms with van der Waals surface area (Å²) in [5.74, 6) is 0.484. The topological polar surface area (TPSA) is 97.5 Å². The first kappa shape index (κ1) is 17.4. The van der Waals surface area contributed by atoms with E-state index in [9.17, 15) is 9.90 Å². The van der Waals surface area contributed by atoms with E-state index >= 15 is 0 Å². The number of carbonyl (C=O) groups excluding carboxylic acids is 1. The Kier molecular flexibility index (Phi) is 5.38. The number of carbonyl (C=O) groups is 1. The molecule has 0 spiro atoms. The number of nitrogens with one attached hydrogen (secondary N) is 1. The summed E-state index contributed by atoms with van der Waals surface area (Å²) >= 11 is 1.48. The smallest absolute Gasteiger partial charge is 0.407 e. The lowest BCUT2D eigenvalue weighted by Crippen LogP contribution is -2.42. The Morgan fingerprint density at radius 1 is 1.52 bits per heavy atom. The van der Waals surface area contributed by atoms with Crippen LogP contribution in [-0.4, -0.2) is 33.0 Å². The summed E-state index contributed by atoms with van der Waals surface area (Å²) in [7, 11) is 0. The van der Waals surface area contributed by atoms with Crippen LogP contribution in [0.1, 0.15) is 46.1 Å². The molecule has 0 fully saturated rings. The maximum Gasteiger partial charge on any atom is 0.407 e. The van der Waals surface area contributed by atoms with Crippen LogP contribution in [0.5, 0.6) is 0 Å². The van der Waals surface area contributed by atoms with E-state index < -0.39 is 23.8 Å². The van der Waals surface area contributed by atoms with Crippen molar-refractivity contribution in [1.82, 2.24) is 15.5 Å². The van der Waals surface area contributed by atoms with Gasteiger partial charge >= 0.3 is 6.09 Å². The fourth-order valence-electron chi connectivity index (χ4n) is 1.90. The van der Waals surface area contributed by atoms with Crippen molar-refractivity contribution in [3.63, 3.8) is 0 Å². The lowest BCUT2D eigenvalue weighted by Gasteiger charge is -2.24. The number of aliphatic hydroxyl groups excluding tert-OH is 1. The molecule has 1 amide bonds. The molecule has 8 heteroatoms. The third kappa shape index (κ3) is 4.77. The van der Waals surface area contributed by atoms with E-state index in [1.54, 1.807) is 20.8 Å². The molecule has 2 heterocycles. The fraction of sp³-hybridized carbons (Fsp3) is 0.533. The molecule has 0 aromatic carbocycles. The second kappa shape index (κ2) is 7.10. The molecule has 2 N–H and O–H groups in total. The van der Waals surface area contributed by atoms with Gasteiger partial charge in [-0.25, -0.2) is 4.79 Å². The first-order valence-electron chi connectivity index (χ1n) is 7.35. The molecule has 2 aromatic heterocycles. The van der Waals surface area contributed by atoms with Crippen molar-refractivity contribution in [1.29, 1.82) is 0 Å². The van der Waals surface area contributed by atoms with Gasteiger partial charge in [0.1, 0.15) is 5.60 Å². The van der Waals surface area contributed by atoms with Gasteiger partial charge in [-0.2, -0.15) is 4.98 Å². The van der Waals surface area contributed by atoms with Crippen LogP contribution < -0.4 is 5.32 Å². The molecule has 0 radical (unpaired) electrons. The molecule has 2 atom stereocenters. The zero-order valence-electron chi connectivity index (χ0n) is 13.6. The van der Waals surface area contributed by atoms with Crippen molar-refractivity contribution in [2.24, 2.45) is 0 Å². The first-order chi connectivity index (χ1) is 10.8. The summed E-state index contributed by atoms with van der Waals surface area (Å²) in [5.41, 5.74) is -0.607. The van der Waals surface area contributed by atoms with Crippen LogP contribution in [0.15, 0.2) is 22.0 Å². The Labute approximate surface area is 138 Å². The standard InChI is InChI=1S/C15H21N3O4S/c1-5-9(16-14(20)21-15(2,3)4)11(19)13-17-12(18-22-13)10-7-6-8-23-10/h6-9,11,19H,5H2,1-4H3,(H,16,20). The van der Waals surface area contributed by atoms with E-state index in [4.69, 9.17) is 9.26 Å². The van der Waals surface area contributed by atoms with E-state index in [-0.39, 0.29) is 5.89 Å². The quantitative estimate of drug-likeness (QED) is 0.868. The Morgan fingerprint density at radius 2 is 2.26 bits per heavy atom. The highest BCUT2D eigenvalue weighted by atomic mass is 32.1. The summed E-state index contributed by atoms with van der Waals surface area (Å²) in [6, 6.07) is 3.16. The van der Waals surface area contributed by atoms with Crippen LogP contribution in [-0.2, 0) is 4.74 Å². The number of nitrogens with zero attached hydrogens (tertiary/aromatic N) is 2. The number of aromatic nitrogens is 2. The number of hydrogen-bond acceptors (Lipinski definition) is 7. The Bertz CT molecular complexity index is 633. The van der Waals surface area contributed by atoms with Gasteiger partial charge in [0.25, 0.3) is 5.89 Å². The number of thiophene rings is 1. The maximum absolute atomic E-state index is 11.8. The van der Waals surface area contributed by atoms with E-state index in [1.807, 2.05) is 24.4 Å². The summed E-state index contributed by atoms with van der Waals surface area (Å²) in [5, 5.41) is 18.8. The van der Waals surface area contributed by atoms with Crippen molar-refractivity contribution >= 4 is 17.4 Å². The third-order valence-corrected chi connectivity index (χ3v) is 3.83. The minimum atomic E-state index is -1.10. The van der Waals surface area contributed by atoms with Crippen molar-refractivity contribution in [3.8, 4) is 10.7 Å². The highest BCUT2D eigenvalue weighted by Crippen LogP contribution is 2.25. The van der Waals surface area contributed by atoms with Crippen molar-refractivity contribution in [2.45, 2.75) is 51.9 Å². The Balaban J connectivity index is 2.05. The second-order valence-electron chi connectivity index (χ2n) is 6.04. The molecule has 0 aliphatic carbocycles. The average molecular weight is 339 g/mol. The number of hydrogen-bond donors (Lipinski definition) is 2. The van der Waals surface area contributed by atoms with Crippen LogP contribution in [0.25, 0.3) is 10.7 Å². The monoisotopic (exact) mass is 339 g/mol. The van der Waals surface area contributed by atoms with E-state index in [0.717, 1.165) is 4.88 Å². The van der Waals surface area contributed by atoms with Crippen LogP contribution in [0, 0.1) is 0 Å². The molecular weight excluding hydrogens is 318 g/mol. The Morgan fingerprint density at radius 3 is 2.83 bits per heavy atom. The normalized spacial score (nSPS) is 14.3. The van der Waals surface area contributed by atoms with Gasteiger partial charge < -0.3 is 19.7 Å². The minimum absolute atomic E-state index is 0.0660. The molecule has 2 aromatic rings. The van der Waals surface area contributed by atoms with Gasteiger partial charge in [-0.1, -0.05) is 18.1 Å². The Hall–Kier alpha value is -1.93. The molecule has 23 heavy (non-hydrogen) atoms. The van der Waals surface area contributed by atoms with Crippen LogP contribution in [0.4, 0.5) is 4.79 Å². The summed E-state index contributed by atoms with van der Waals surface area (Å²) < 4.78 is 10.3. The maximum atomic E-state index is 11.8. The van der Waals surface area contributed by atoms with Gasteiger partial charge in [-0.3, -0.25) is 0 Å². The van der Waals surface area contributed by atoms with Crippen molar-refractivity contribution in [3.05, 3.63) is 23.4 Å². The van der Waals surface area contributed by atoms with E-state index in [0.29, 0.717) is 12.2 Å². The predicted molar refractivity (Wildman–Crippen MR) is 86.0 cm³/mol. The van der Waals surface area contributed by atoms with Gasteiger partial charge in [0.15, 0.2) is 6.10 Å². The SMILES string of the molecule is CCC(NC(=O)OC(C)(C)C)C(O)c1nc(-c2cccs2)no1. The average Bonchev–Trinajstić information content (AvgIpc) is 3.11. The van der Waals surface area contributed by atoms with Gasteiger partial charge in [0.2, 0.25) is 5.82 Å². The predicted octanol–water partition coefficient (Wildman–Crippen LogP) is 3.13. The number of rotatable bonds is 5. The summed E-state index contributed by atoms with van der Waals surface area (Å²) in [6.07, 6.45) is -1.22. The van der Waals surface area contributed by atoms with Crippen LogP contribution in [0.3, 0.4) is 0 Å². The molecule has 0 saturated heterocycles. The summed E-state index contributed by atoms with van der Waals surface area (Å²) in [4.78, 5) is 16.9. The number of amides is 1. The zero-order valence-corrected chi connectivity index (χ0v) is 14.4. The second-order valence-corrected chi connectivity index (χ2v) is 6.99. The number of alkyl carbamates (subject to hydrolysis) is 1. The minimum Gasteiger partial charge on any atom is -0.444 e. The highest BCUT2D eigenvalue weighted by Gasteiger charge is 2.28. The molecule has 7 nitrogen and oxygen atoms in total. The fourth-order valence-corrected chi connectivity index (χ4v) is 2.55. The van der Waals surface area contributed by atoms with Crippen molar-refractivity contribution < 1.29 is 19.2 Å². The van der Waals surface area contributed by atoms with Crippen LogP contribution in [0.2, 0.25) is 0 Å². The number of ether oxygens (including phenoxy) is 1. The number of aliphatic hydroxyl groups is 1. The molecule has 0 bridgehead atoms. The molecule has 2 rings (SSSR count).